The zero-order valence-electron chi connectivity index (χ0n) is 24.4. The number of benzene rings is 3. The predicted molar refractivity (Wildman–Crippen MR) is 177 cm³/mol. The number of fused-ring (bicyclic) bond motifs is 1. The molecule has 0 aliphatic heterocycles. The molecule has 0 atom stereocenters. The fraction of sp³-hybridized carbons (Fsp3) is 0.152. The van der Waals surface area contributed by atoms with E-state index in [0.29, 0.717) is 12.4 Å². The molecule has 222 valence electrons. The third kappa shape index (κ3) is 6.29. The van der Waals surface area contributed by atoms with Crippen molar-refractivity contribution in [1.82, 2.24) is 29.7 Å². The van der Waals surface area contributed by atoms with Gasteiger partial charge in [0, 0.05) is 34.2 Å². The number of aromatic hydroxyl groups is 1. The summed E-state index contributed by atoms with van der Waals surface area (Å²) in [5, 5.41) is 29.2. The lowest BCUT2D eigenvalue weighted by Gasteiger charge is -2.18. The van der Waals surface area contributed by atoms with Crippen molar-refractivity contribution in [1.29, 1.82) is 0 Å². The van der Waals surface area contributed by atoms with Crippen LogP contribution in [0, 0.1) is 0 Å². The Kier molecular flexibility index (Phi) is 8.32. The highest BCUT2D eigenvalue weighted by atomic mass is 32.2. The average Bonchev–Trinajstić information content (AvgIpc) is 3.66. The van der Waals surface area contributed by atoms with E-state index in [1.807, 2.05) is 89.6 Å². The first-order valence-electron chi connectivity index (χ1n) is 14.0. The summed E-state index contributed by atoms with van der Waals surface area (Å²) >= 11 is 3.29. The second kappa shape index (κ2) is 12.5. The Morgan fingerprint density at radius 2 is 1.68 bits per heavy atom. The standard InChI is InChI=1S/C33H31N7O2S2/c1-33(2,43-3)28-19-30(40(38-28)24-13-15-25(41)16-14-24)35-32(42)34-20-23-11-7-8-12-27(23)44-26-17-18-29-36-37-31(39(29)21-26)22-9-5-4-6-10-22/h4-19,21,41H,20H2,1-3H3,(H2,34,35,42). The normalized spacial score (nSPS) is 11.5. The zero-order valence-corrected chi connectivity index (χ0v) is 26.1. The molecule has 0 unspecified atom stereocenters. The number of aromatic nitrogens is 5. The van der Waals surface area contributed by atoms with E-state index in [1.165, 1.54) is 0 Å². The van der Waals surface area contributed by atoms with Crippen LogP contribution in [-0.2, 0) is 11.3 Å². The molecule has 3 heterocycles. The second-order valence-corrected chi connectivity index (χ2v) is 13.1. The van der Waals surface area contributed by atoms with Crippen molar-refractivity contribution in [3.63, 3.8) is 0 Å². The Bertz CT molecular complexity index is 1920. The third-order valence-corrected chi connectivity index (χ3v) is 9.54. The summed E-state index contributed by atoms with van der Waals surface area (Å²) in [6.07, 6.45) is 4.07. The highest BCUT2D eigenvalue weighted by Gasteiger charge is 2.25. The van der Waals surface area contributed by atoms with E-state index in [0.717, 1.165) is 43.8 Å². The molecule has 0 saturated heterocycles. The summed E-state index contributed by atoms with van der Waals surface area (Å²) in [4.78, 5) is 15.2. The fourth-order valence-electron chi connectivity index (χ4n) is 4.59. The number of hydrogen-bond acceptors (Lipinski definition) is 7. The van der Waals surface area contributed by atoms with Crippen molar-refractivity contribution in [2.45, 2.75) is 34.9 Å². The van der Waals surface area contributed by atoms with Gasteiger partial charge in [0.1, 0.15) is 11.6 Å². The quantitative estimate of drug-likeness (QED) is 0.155. The first-order chi connectivity index (χ1) is 21.3. The molecule has 3 N–H and O–H groups in total. The molecule has 0 aliphatic rings. The molecule has 0 aliphatic carbocycles. The number of carbonyl (C=O) groups is 1. The van der Waals surface area contributed by atoms with Crippen molar-refractivity contribution in [3.8, 4) is 22.8 Å². The van der Waals surface area contributed by atoms with Gasteiger partial charge in [0.15, 0.2) is 11.5 Å². The van der Waals surface area contributed by atoms with Crippen molar-refractivity contribution in [2.24, 2.45) is 0 Å². The van der Waals surface area contributed by atoms with Crippen LogP contribution in [0.15, 0.2) is 113 Å². The van der Waals surface area contributed by atoms with E-state index in [2.05, 4.69) is 34.7 Å². The van der Waals surface area contributed by atoms with E-state index in [-0.39, 0.29) is 16.5 Å². The molecule has 3 aromatic carbocycles. The molecule has 0 fully saturated rings. The van der Waals surface area contributed by atoms with Gasteiger partial charge in [0.2, 0.25) is 0 Å². The summed E-state index contributed by atoms with van der Waals surface area (Å²) in [6, 6.07) is 30.2. The number of nitrogens with zero attached hydrogens (tertiary/aromatic N) is 5. The van der Waals surface area contributed by atoms with Crippen LogP contribution in [0.2, 0.25) is 0 Å². The van der Waals surface area contributed by atoms with Crippen molar-refractivity contribution >= 4 is 41.0 Å². The number of phenols is 1. The maximum atomic E-state index is 13.2. The van der Waals surface area contributed by atoms with Gasteiger partial charge in [-0.05, 0) is 68.1 Å². The van der Waals surface area contributed by atoms with Crippen LogP contribution in [0.3, 0.4) is 0 Å². The van der Waals surface area contributed by atoms with Crippen LogP contribution < -0.4 is 10.6 Å². The zero-order chi connectivity index (χ0) is 30.7. The predicted octanol–water partition coefficient (Wildman–Crippen LogP) is 7.36. The van der Waals surface area contributed by atoms with Crippen LogP contribution in [0.25, 0.3) is 22.7 Å². The van der Waals surface area contributed by atoms with Crippen LogP contribution in [0.4, 0.5) is 10.6 Å². The number of amides is 2. The summed E-state index contributed by atoms with van der Waals surface area (Å²) < 4.78 is 3.42. The van der Waals surface area contributed by atoms with Gasteiger partial charge in [-0.15, -0.1) is 10.2 Å². The number of nitrogens with one attached hydrogen (secondary N) is 2. The monoisotopic (exact) mass is 621 g/mol. The van der Waals surface area contributed by atoms with Gasteiger partial charge < -0.3 is 10.4 Å². The molecule has 0 saturated carbocycles. The molecule has 2 amide bonds. The Hall–Kier alpha value is -4.74. The second-order valence-electron chi connectivity index (χ2n) is 10.6. The number of phenolic OH excluding ortho intramolecular Hbond substituents is 1. The number of thioether (sulfide) groups is 1. The van der Waals surface area contributed by atoms with E-state index in [9.17, 15) is 9.90 Å². The minimum atomic E-state index is -0.350. The van der Waals surface area contributed by atoms with Gasteiger partial charge in [-0.1, -0.05) is 60.3 Å². The SMILES string of the molecule is CSC(C)(C)c1cc(NC(=O)NCc2ccccc2Sc2ccc3nnc(-c4ccccc4)n3c2)n(-c2ccc(O)cc2)n1. The number of urea groups is 1. The minimum absolute atomic E-state index is 0.160. The number of carbonyl (C=O) groups excluding carboxylic acids is 1. The molecule has 9 nitrogen and oxygen atoms in total. The van der Waals surface area contributed by atoms with Crippen LogP contribution in [0.5, 0.6) is 5.75 Å². The topological polar surface area (TPSA) is 109 Å². The minimum Gasteiger partial charge on any atom is -0.508 e. The highest BCUT2D eigenvalue weighted by molar-refractivity contribution is 7.99. The number of pyridine rings is 1. The molecule has 0 bridgehead atoms. The summed E-state index contributed by atoms with van der Waals surface area (Å²) in [6.45, 7) is 4.50. The lowest BCUT2D eigenvalue weighted by atomic mass is 10.1. The molecule has 6 aromatic rings. The molecule has 44 heavy (non-hydrogen) atoms. The van der Waals surface area contributed by atoms with Crippen LogP contribution in [0.1, 0.15) is 25.1 Å². The Morgan fingerprint density at radius 3 is 2.45 bits per heavy atom. The maximum absolute atomic E-state index is 13.2. The molecular formula is C33H31N7O2S2. The largest absolute Gasteiger partial charge is 0.508 e. The summed E-state index contributed by atoms with van der Waals surface area (Å²) in [5.41, 5.74) is 4.30. The average molecular weight is 622 g/mol. The lowest BCUT2D eigenvalue weighted by Crippen LogP contribution is -2.29. The number of rotatable bonds is 9. The van der Waals surface area contributed by atoms with Gasteiger partial charge in [-0.3, -0.25) is 9.72 Å². The van der Waals surface area contributed by atoms with Crippen molar-refractivity contribution in [3.05, 3.63) is 115 Å². The van der Waals surface area contributed by atoms with Gasteiger partial charge in [0.05, 0.1) is 16.1 Å². The molecule has 0 spiro atoms. The summed E-state index contributed by atoms with van der Waals surface area (Å²) in [7, 11) is 0. The first kappa shape index (κ1) is 29.3. The van der Waals surface area contributed by atoms with E-state index < -0.39 is 0 Å². The van der Waals surface area contributed by atoms with Crippen molar-refractivity contribution < 1.29 is 9.90 Å². The Morgan fingerprint density at radius 1 is 0.932 bits per heavy atom. The molecule has 11 heteroatoms. The number of hydrogen-bond donors (Lipinski definition) is 3. The smallest absolute Gasteiger partial charge is 0.320 e. The lowest BCUT2D eigenvalue weighted by molar-refractivity contribution is 0.251. The van der Waals surface area contributed by atoms with Crippen molar-refractivity contribution in [2.75, 3.05) is 11.6 Å². The molecular weight excluding hydrogens is 591 g/mol. The molecule has 0 radical (unpaired) electrons. The Labute approximate surface area is 263 Å². The van der Waals surface area contributed by atoms with Gasteiger partial charge >= 0.3 is 6.03 Å². The third-order valence-electron chi connectivity index (χ3n) is 7.22. The van der Waals surface area contributed by atoms with Gasteiger partial charge in [-0.25, -0.2) is 9.48 Å². The van der Waals surface area contributed by atoms with E-state index >= 15 is 0 Å². The first-order valence-corrected chi connectivity index (χ1v) is 16.0. The fourth-order valence-corrected chi connectivity index (χ4v) is 5.86. The van der Waals surface area contributed by atoms with Gasteiger partial charge in [0.25, 0.3) is 0 Å². The maximum Gasteiger partial charge on any atom is 0.320 e. The van der Waals surface area contributed by atoms with E-state index in [4.69, 9.17) is 5.10 Å². The Balaban J connectivity index is 1.19. The molecule has 3 aromatic heterocycles. The highest BCUT2D eigenvalue weighted by Crippen LogP contribution is 2.35. The van der Waals surface area contributed by atoms with Gasteiger partial charge in [-0.2, -0.15) is 16.9 Å². The number of anilines is 1. The summed E-state index contributed by atoms with van der Waals surface area (Å²) in [5.74, 6) is 1.47. The molecule has 6 rings (SSSR count). The van der Waals surface area contributed by atoms with Crippen LogP contribution in [-0.4, -0.2) is 41.8 Å². The van der Waals surface area contributed by atoms with E-state index in [1.54, 1.807) is 52.5 Å². The van der Waals surface area contributed by atoms with Crippen LogP contribution >= 0.6 is 23.5 Å².